The maximum atomic E-state index is 11.8. The van der Waals surface area contributed by atoms with Crippen LogP contribution in [0.3, 0.4) is 0 Å². The molecule has 0 amide bonds. The summed E-state index contributed by atoms with van der Waals surface area (Å²) in [6.07, 6.45) is 1.24. The van der Waals surface area contributed by atoms with Crippen molar-refractivity contribution >= 4 is 17.9 Å². The molecule has 1 aliphatic rings. The molecule has 0 spiro atoms. The van der Waals surface area contributed by atoms with Crippen LogP contribution in [0.2, 0.25) is 0 Å². The monoisotopic (exact) mass is 294 g/mol. The van der Waals surface area contributed by atoms with Gasteiger partial charge in [-0.1, -0.05) is 18.7 Å². The molecule has 0 bridgehead atoms. The summed E-state index contributed by atoms with van der Waals surface area (Å²) in [5.74, 6) is -2.78. The normalized spacial score (nSPS) is 24.5. The molecule has 0 unspecified atom stereocenters. The van der Waals surface area contributed by atoms with E-state index in [1.54, 1.807) is 6.92 Å². The molecule has 0 aromatic rings. The van der Waals surface area contributed by atoms with E-state index in [0.717, 1.165) is 0 Å². The number of rotatable bonds is 4. The summed E-state index contributed by atoms with van der Waals surface area (Å²) in [4.78, 5) is 35.2. The quantitative estimate of drug-likeness (QED) is 0.442. The summed E-state index contributed by atoms with van der Waals surface area (Å²) in [6, 6.07) is 0. The highest BCUT2D eigenvalue weighted by atomic mass is 16.6. The number of ether oxygens (including phenoxy) is 3. The molecule has 0 N–H and O–H groups in total. The van der Waals surface area contributed by atoms with Gasteiger partial charge in [0.2, 0.25) is 0 Å². The van der Waals surface area contributed by atoms with Crippen LogP contribution in [-0.4, -0.2) is 37.7 Å². The van der Waals surface area contributed by atoms with Gasteiger partial charge < -0.3 is 14.2 Å². The summed E-state index contributed by atoms with van der Waals surface area (Å²) in [7, 11) is 2.40. The summed E-state index contributed by atoms with van der Waals surface area (Å²) >= 11 is 0. The van der Waals surface area contributed by atoms with Crippen LogP contribution in [-0.2, 0) is 28.6 Å². The standard InChI is InChI=1S/C15H18O6/c1-8-7-11(16)21-15(4,10(3)14(18)20-6)12(8)9(2)13(17)19-5/h7,12H,2-3H2,1,4-6H3/t12-,15+/m0/s1. The smallest absolute Gasteiger partial charge is 0.337 e. The number of carbonyl (C=O) groups excluding carboxylic acids is 3. The number of hydrogen-bond acceptors (Lipinski definition) is 6. The Morgan fingerprint density at radius 3 is 2.24 bits per heavy atom. The minimum Gasteiger partial charge on any atom is -0.466 e. The number of cyclic esters (lactones) is 1. The van der Waals surface area contributed by atoms with E-state index in [1.807, 2.05) is 0 Å². The lowest BCUT2D eigenvalue weighted by Crippen LogP contribution is -2.48. The lowest BCUT2D eigenvalue weighted by atomic mass is 9.73. The Kier molecular flexibility index (Phi) is 4.73. The van der Waals surface area contributed by atoms with Crippen LogP contribution in [0, 0.1) is 5.92 Å². The fourth-order valence-corrected chi connectivity index (χ4v) is 2.42. The van der Waals surface area contributed by atoms with Crippen LogP contribution in [0.1, 0.15) is 13.8 Å². The van der Waals surface area contributed by atoms with Crippen LogP contribution in [0.5, 0.6) is 0 Å². The molecule has 21 heavy (non-hydrogen) atoms. The van der Waals surface area contributed by atoms with Gasteiger partial charge in [-0.15, -0.1) is 0 Å². The highest BCUT2D eigenvalue weighted by Gasteiger charge is 2.49. The van der Waals surface area contributed by atoms with Crippen molar-refractivity contribution in [3.05, 3.63) is 36.0 Å². The van der Waals surface area contributed by atoms with Gasteiger partial charge in [0.25, 0.3) is 0 Å². The minimum atomic E-state index is -1.46. The molecule has 1 rings (SSSR count). The van der Waals surface area contributed by atoms with Crippen molar-refractivity contribution in [2.24, 2.45) is 5.92 Å². The second-order valence-electron chi connectivity index (χ2n) is 4.84. The number of esters is 3. The van der Waals surface area contributed by atoms with Gasteiger partial charge in [-0.25, -0.2) is 14.4 Å². The minimum absolute atomic E-state index is 0.0614. The molecule has 6 nitrogen and oxygen atoms in total. The van der Waals surface area contributed by atoms with E-state index in [9.17, 15) is 14.4 Å². The average molecular weight is 294 g/mol. The first kappa shape index (κ1) is 16.7. The summed E-state index contributed by atoms with van der Waals surface area (Å²) in [5.41, 5.74) is -0.963. The van der Waals surface area contributed by atoms with E-state index in [4.69, 9.17) is 4.74 Å². The van der Waals surface area contributed by atoms with Crippen LogP contribution < -0.4 is 0 Å². The Morgan fingerprint density at radius 1 is 1.24 bits per heavy atom. The molecule has 1 aliphatic heterocycles. The summed E-state index contributed by atoms with van der Waals surface area (Å²) < 4.78 is 14.5. The maximum Gasteiger partial charge on any atom is 0.337 e. The molecular formula is C15H18O6. The molecular weight excluding hydrogens is 276 g/mol. The van der Waals surface area contributed by atoms with E-state index < -0.39 is 29.4 Å². The molecule has 2 atom stereocenters. The van der Waals surface area contributed by atoms with Gasteiger partial charge in [-0.2, -0.15) is 0 Å². The van der Waals surface area contributed by atoms with E-state index in [1.165, 1.54) is 27.2 Å². The Bertz CT molecular complexity index is 557. The highest BCUT2D eigenvalue weighted by Crippen LogP contribution is 2.42. The largest absolute Gasteiger partial charge is 0.466 e. The van der Waals surface area contributed by atoms with E-state index >= 15 is 0 Å². The maximum absolute atomic E-state index is 11.8. The first-order valence-corrected chi connectivity index (χ1v) is 6.15. The van der Waals surface area contributed by atoms with E-state index in [0.29, 0.717) is 5.57 Å². The first-order valence-electron chi connectivity index (χ1n) is 6.15. The predicted molar refractivity (Wildman–Crippen MR) is 74.1 cm³/mol. The lowest BCUT2D eigenvalue weighted by molar-refractivity contribution is -0.158. The molecule has 0 fully saturated rings. The average Bonchev–Trinajstić information content (AvgIpc) is 2.43. The van der Waals surface area contributed by atoms with Gasteiger partial charge in [-0.05, 0) is 13.8 Å². The number of carbonyl (C=O) groups is 3. The molecule has 0 aliphatic carbocycles. The molecule has 1 heterocycles. The SMILES string of the molecule is C=C(C(=O)OC)[C@@H]1C(C)=CC(=O)O[C@]1(C)C(=C)C(=O)OC. The molecule has 114 valence electrons. The Labute approximate surface area is 123 Å². The van der Waals surface area contributed by atoms with Gasteiger partial charge in [0.05, 0.1) is 25.7 Å². The highest BCUT2D eigenvalue weighted by molar-refractivity contribution is 5.96. The zero-order chi connectivity index (χ0) is 16.4. The Hall–Kier alpha value is -2.37. The van der Waals surface area contributed by atoms with Gasteiger partial charge in [0, 0.05) is 11.6 Å². The van der Waals surface area contributed by atoms with Crippen molar-refractivity contribution in [2.75, 3.05) is 14.2 Å². The van der Waals surface area contributed by atoms with Gasteiger partial charge in [-0.3, -0.25) is 0 Å². The van der Waals surface area contributed by atoms with Gasteiger partial charge in [0.15, 0.2) is 5.60 Å². The third-order valence-corrected chi connectivity index (χ3v) is 3.49. The molecule has 6 heteroatoms. The van der Waals surface area contributed by atoms with Crippen molar-refractivity contribution < 1.29 is 28.6 Å². The molecule has 0 aromatic heterocycles. The van der Waals surface area contributed by atoms with E-state index in [2.05, 4.69) is 22.6 Å². The van der Waals surface area contributed by atoms with Crippen molar-refractivity contribution in [3.63, 3.8) is 0 Å². The Balaban J connectivity index is 3.38. The molecule has 0 saturated heterocycles. The Morgan fingerprint density at radius 2 is 1.76 bits per heavy atom. The zero-order valence-electron chi connectivity index (χ0n) is 12.5. The van der Waals surface area contributed by atoms with Crippen molar-refractivity contribution in [2.45, 2.75) is 19.4 Å². The predicted octanol–water partition coefficient (Wildman–Crippen LogP) is 1.32. The molecule has 0 aromatic carbocycles. The van der Waals surface area contributed by atoms with Gasteiger partial charge >= 0.3 is 17.9 Å². The number of hydrogen-bond donors (Lipinski definition) is 0. The second kappa shape index (κ2) is 5.95. The van der Waals surface area contributed by atoms with Crippen LogP contribution >= 0.6 is 0 Å². The molecule has 0 radical (unpaired) electrons. The van der Waals surface area contributed by atoms with Crippen LogP contribution in [0.4, 0.5) is 0 Å². The first-order chi connectivity index (χ1) is 9.68. The summed E-state index contributed by atoms with van der Waals surface area (Å²) in [5, 5.41) is 0. The lowest BCUT2D eigenvalue weighted by Gasteiger charge is -2.40. The summed E-state index contributed by atoms with van der Waals surface area (Å²) in [6.45, 7) is 10.4. The second-order valence-corrected chi connectivity index (χ2v) is 4.84. The third-order valence-electron chi connectivity index (χ3n) is 3.49. The fourth-order valence-electron chi connectivity index (χ4n) is 2.42. The van der Waals surface area contributed by atoms with Crippen LogP contribution in [0.15, 0.2) is 36.0 Å². The molecule has 0 saturated carbocycles. The third kappa shape index (κ3) is 2.89. The van der Waals surface area contributed by atoms with Crippen molar-refractivity contribution in [1.29, 1.82) is 0 Å². The van der Waals surface area contributed by atoms with E-state index in [-0.39, 0.29) is 11.1 Å². The zero-order valence-corrected chi connectivity index (χ0v) is 12.5. The van der Waals surface area contributed by atoms with Crippen molar-refractivity contribution in [3.8, 4) is 0 Å². The van der Waals surface area contributed by atoms with Gasteiger partial charge in [0.1, 0.15) is 0 Å². The topological polar surface area (TPSA) is 78.9 Å². The fraction of sp³-hybridized carbons (Fsp3) is 0.400. The van der Waals surface area contributed by atoms with Crippen LogP contribution in [0.25, 0.3) is 0 Å². The van der Waals surface area contributed by atoms with Crippen molar-refractivity contribution in [1.82, 2.24) is 0 Å². The number of methoxy groups -OCH3 is 2.